The summed E-state index contributed by atoms with van der Waals surface area (Å²) in [5.41, 5.74) is 2.49. The topological polar surface area (TPSA) is 55.8 Å². The molecule has 0 aliphatic carbocycles. The van der Waals surface area contributed by atoms with Gasteiger partial charge in [0.1, 0.15) is 12.4 Å². The fourth-order valence-electron chi connectivity index (χ4n) is 1.99. The summed E-state index contributed by atoms with van der Waals surface area (Å²) in [5, 5.41) is 0. The normalized spacial score (nSPS) is 10.5. The first-order chi connectivity index (χ1) is 12.0. The number of nitrogens with zero attached hydrogens (tertiary/aromatic N) is 1. The van der Waals surface area contributed by atoms with Crippen molar-refractivity contribution in [3.05, 3.63) is 71.3 Å². The first kappa shape index (κ1) is 18.3. The summed E-state index contributed by atoms with van der Waals surface area (Å²) in [7, 11) is 3.21. The summed E-state index contributed by atoms with van der Waals surface area (Å²) in [6.07, 6.45) is 2.41. The van der Waals surface area contributed by atoms with Gasteiger partial charge in [0.15, 0.2) is 0 Å². The van der Waals surface area contributed by atoms with Crippen LogP contribution >= 0.6 is 0 Å². The van der Waals surface area contributed by atoms with Crippen LogP contribution in [0.5, 0.6) is 5.75 Å². The molecular weight excluding hydrogens is 318 g/mol. The maximum absolute atomic E-state index is 11.9. The van der Waals surface area contributed by atoms with E-state index in [4.69, 9.17) is 9.47 Å². The minimum absolute atomic E-state index is 0.209. The maximum atomic E-state index is 11.9. The zero-order valence-electron chi connectivity index (χ0n) is 14.6. The molecule has 0 N–H and O–H groups in total. The number of rotatable bonds is 5. The van der Waals surface area contributed by atoms with Crippen LogP contribution in [0.4, 0.5) is 4.79 Å². The Morgan fingerprint density at radius 3 is 2.48 bits per heavy atom. The number of esters is 1. The van der Waals surface area contributed by atoms with Crippen LogP contribution in [0.2, 0.25) is 0 Å². The average molecular weight is 339 g/mol. The Bertz CT molecular complexity index is 767. The third-order valence-electron chi connectivity index (χ3n) is 3.35. The number of carbonyl (C=O) groups is 2. The van der Waals surface area contributed by atoms with Gasteiger partial charge in [-0.3, -0.25) is 0 Å². The van der Waals surface area contributed by atoms with Gasteiger partial charge < -0.3 is 14.4 Å². The lowest BCUT2D eigenvalue weighted by atomic mass is 10.1. The molecule has 2 aromatic rings. The highest BCUT2D eigenvalue weighted by Gasteiger charge is 2.10. The van der Waals surface area contributed by atoms with Crippen molar-refractivity contribution in [1.82, 2.24) is 4.90 Å². The van der Waals surface area contributed by atoms with Crippen molar-refractivity contribution in [2.24, 2.45) is 0 Å². The van der Waals surface area contributed by atoms with Gasteiger partial charge in [-0.25, -0.2) is 9.59 Å². The molecule has 1 amide bonds. The van der Waals surface area contributed by atoms with Crippen LogP contribution in [0.25, 0.3) is 6.08 Å². The van der Waals surface area contributed by atoms with Crippen LogP contribution in [0.1, 0.15) is 16.7 Å². The van der Waals surface area contributed by atoms with Gasteiger partial charge in [-0.2, -0.15) is 0 Å². The molecule has 0 saturated carbocycles. The Balaban J connectivity index is 2.04. The molecule has 0 aliphatic rings. The summed E-state index contributed by atoms with van der Waals surface area (Å²) < 4.78 is 10.5. The molecule has 2 aromatic carbocycles. The molecule has 0 heterocycles. The molecule has 0 fully saturated rings. The van der Waals surface area contributed by atoms with Crippen molar-refractivity contribution in [2.45, 2.75) is 13.5 Å². The minimum atomic E-state index is -0.480. The summed E-state index contributed by atoms with van der Waals surface area (Å²) in [4.78, 5) is 25.0. The molecule has 0 unspecified atom stereocenters. The molecule has 0 aliphatic heterocycles. The lowest BCUT2D eigenvalue weighted by molar-refractivity contribution is -0.138. The van der Waals surface area contributed by atoms with Crippen molar-refractivity contribution in [1.29, 1.82) is 0 Å². The van der Waals surface area contributed by atoms with Gasteiger partial charge in [0.25, 0.3) is 0 Å². The minimum Gasteiger partial charge on any atom is -0.458 e. The van der Waals surface area contributed by atoms with E-state index in [-0.39, 0.29) is 6.61 Å². The average Bonchev–Trinajstić information content (AvgIpc) is 2.60. The van der Waals surface area contributed by atoms with E-state index in [1.54, 1.807) is 32.3 Å². The number of ether oxygens (including phenoxy) is 2. The Morgan fingerprint density at radius 2 is 1.80 bits per heavy atom. The van der Waals surface area contributed by atoms with Crippen molar-refractivity contribution < 1.29 is 19.1 Å². The second-order valence-electron chi connectivity index (χ2n) is 5.73. The summed E-state index contributed by atoms with van der Waals surface area (Å²) in [6, 6.07) is 14.9. The van der Waals surface area contributed by atoms with Crippen LogP contribution in [0.3, 0.4) is 0 Å². The molecule has 0 spiro atoms. The van der Waals surface area contributed by atoms with Crippen LogP contribution < -0.4 is 4.74 Å². The molecule has 0 bridgehead atoms. The smallest absolute Gasteiger partial charge is 0.414 e. The number of hydrogen-bond acceptors (Lipinski definition) is 4. The highest BCUT2D eigenvalue weighted by atomic mass is 16.6. The highest BCUT2D eigenvalue weighted by Crippen LogP contribution is 2.22. The van der Waals surface area contributed by atoms with E-state index in [1.165, 1.54) is 11.0 Å². The monoisotopic (exact) mass is 339 g/mol. The van der Waals surface area contributed by atoms with Gasteiger partial charge in [-0.05, 0) is 30.2 Å². The van der Waals surface area contributed by atoms with Crippen molar-refractivity contribution in [3.8, 4) is 5.75 Å². The zero-order chi connectivity index (χ0) is 18.2. The number of amides is 1. The third kappa shape index (κ3) is 5.80. The predicted octanol–water partition coefficient (Wildman–Crippen LogP) is 3.81. The Labute approximate surface area is 147 Å². The lowest BCUT2D eigenvalue weighted by Gasteiger charge is -2.13. The molecule has 0 saturated heterocycles. The third-order valence-corrected chi connectivity index (χ3v) is 3.35. The van der Waals surface area contributed by atoms with Crippen LogP contribution in [-0.2, 0) is 16.1 Å². The second kappa shape index (κ2) is 8.68. The summed E-state index contributed by atoms with van der Waals surface area (Å²) in [6.45, 7) is 2.11. The van der Waals surface area contributed by atoms with Gasteiger partial charge >= 0.3 is 12.1 Å². The summed E-state index contributed by atoms with van der Waals surface area (Å²) in [5.74, 6) is -0.0693. The van der Waals surface area contributed by atoms with E-state index >= 15 is 0 Å². The van der Waals surface area contributed by atoms with Crippen molar-refractivity contribution in [2.75, 3.05) is 14.1 Å². The molecule has 2 rings (SSSR count). The molecule has 130 valence electrons. The quantitative estimate of drug-likeness (QED) is 0.614. The van der Waals surface area contributed by atoms with E-state index in [1.807, 2.05) is 43.3 Å². The standard InChI is InChI=1S/C20H21NO4/c1-15-9-10-17(18(13-15)25-20(23)21(2)3)11-12-19(22)24-14-16-7-5-4-6-8-16/h4-13H,14H2,1-3H3/b12-11+. The number of hydrogen-bond donors (Lipinski definition) is 0. The van der Waals surface area contributed by atoms with E-state index in [0.717, 1.165) is 11.1 Å². The zero-order valence-corrected chi connectivity index (χ0v) is 14.6. The van der Waals surface area contributed by atoms with Crippen LogP contribution in [0.15, 0.2) is 54.6 Å². The fourth-order valence-corrected chi connectivity index (χ4v) is 1.99. The van der Waals surface area contributed by atoms with Gasteiger partial charge in [0.2, 0.25) is 0 Å². The first-order valence-corrected chi connectivity index (χ1v) is 7.84. The van der Waals surface area contributed by atoms with Gasteiger partial charge in [0.05, 0.1) is 0 Å². The first-order valence-electron chi connectivity index (χ1n) is 7.84. The molecule has 5 nitrogen and oxygen atoms in total. The fraction of sp³-hybridized carbons (Fsp3) is 0.200. The van der Waals surface area contributed by atoms with E-state index < -0.39 is 12.1 Å². The van der Waals surface area contributed by atoms with Crippen LogP contribution in [0, 0.1) is 6.92 Å². The van der Waals surface area contributed by atoms with E-state index in [2.05, 4.69) is 0 Å². The predicted molar refractivity (Wildman–Crippen MR) is 96.2 cm³/mol. The molecular formula is C20H21NO4. The second-order valence-corrected chi connectivity index (χ2v) is 5.73. The highest BCUT2D eigenvalue weighted by molar-refractivity contribution is 5.88. The number of benzene rings is 2. The van der Waals surface area contributed by atoms with Gasteiger partial charge in [-0.15, -0.1) is 0 Å². The number of aryl methyl sites for hydroxylation is 1. The Kier molecular flexibility index (Phi) is 6.34. The molecule has 0 radical (unpaired) electrons. The molecule has 0 aromatic heterocycles. The number of carbonyl (C=O) groups excluding carboxylic acids is 2. The lowest BCUT2D eigenvalue weighted by Crippen LogP contribution is -2.25. The Morgan fingerprint density at radius 1 is 1.08 bits per heavy atom. The van der Waals surface area contributed by atoms with E-state index in [9.17, 15) is 9.59 Å². The maximum Gasteiger partial charge on any atom is 0.414 e. The van der Waals surface area contributed by atoms with Gasteiger partial charge in [-0.1, -0.05) is 42.5 Å². The van der Waals surface area contributed by atoms with Crippen LogP contribution in [-0.4, -0.2) is 31.1 Å². The van der Waals surface area contributed by atoms with E-state index in [0.29, 0.717) is 11.3 Å². The molecule has 25 heavy (non-hydrogen) atoms. The molecule has 0 atom stereocenters. The van der Waals surface area contributed by atoms with Crippen molar-refractivity contribution >= 4 is 18.1 Å². The largest absolute Gasteiger partial charge is 0.458 e. The van der Waals surface area contributed by atoms with Gasteiger partial charge in [0, 0.05) is 25.7 Å². The molecule has 5 heteroatoms. The van der Waals surface area contributed by atoms with Crippen molar-refractivity contribution in [3.63, 3.8) is 0 Å². The summed E-state index contributed by atoms with van der Waals surface area (Å²) >= 11 is 0. The Hall–Kier alpha value is -3.08. The SMILES string of the molecule is Cc1ccc(/C=C/C(=O)OCc2ccccc2)c(OC(=O)N(C)C)c1.